The van der Waals surface area contributed by atoms with Gasteiger partial charge in [0.25, 0.3) is 0 Å². The van der Waals surface area contributed by atoms with Crippen LogP contribution >= 0.6 is 11.8 Å². The Labute approximate surface area is 297 Å². The van der Waals surface area contributed by atoms with Gasteiger partial charge in [-0.05, 0) is 72.5 Å². The molecule has 0 aromatic heterocycles. The van der Waals surface area contributed by atoms with Crippen LogP contribution in [0.3, 0.4) is 0 Å². The van der Waals surface area contributed by atoms with Crippen LogP contribution in [0.25, 0.3) is 0 Å². The van der Waals surface area contributed by atoms with E-state index in [0.717, 1.165) is 33.7 Å². The minimum atomic E-state index is -0.612. The molecule has 11 heteroatoms. The van der Waals surface area contributed by atoms with E-state index in [2.05, 4.69) is 16.0 Å². The number of aliphatic hydroxyl groups is 1. The number of carbonyl (C=O) groups excluding carboxylic acids is 3. The third-order valence-corrected chi connectivity index (χ3v) is 9.38. The molecule has 6 N–H and O–H groups in total. The Morgan fingerprint density at radius 3 is 2.04 bits per heavy atom. The van der Waals surface area contributed by atoms with Crippen LogP contribution in [0.2, 0.25) is 0 Å². The standard InChI is InChI=1S/C39H44N4O6S/c1-26(45)41-30-19-21-33(22-20-30)50-25-32-23-36(28-13-11-27(24-44)12-14-28)49-39(48-32)29-15-17-31(18-16-29)42-37(46)9-3-2-4-10-38(47)43-35-8-6-5-7-34(35)40/h5-8,11-22,32,36,39,44H,2-4,9-10,23-25,40H2,1H3,(H,41,45)(H,42,46)(H,43,47). The maximum absolute atomic E-state index is 12.6. The SMILES string of the molecule is CC(=O)Nc1ccc(SCC2CC(c3ccc(CO)cc3)OC(c3ccc(NC(=O)CCCCCC(=O)Nc4ccccc4N)cc3)O2)cc1. The Morgan fingerprint density at radius 2 is 1.38 bits per heavy atom. The highest BCUT2D eigenvalue weighted by Gasteiger charge is 2.32. The van der Waals surface area contributed by atoms with Crippen molar-refractivity contribution in [3.8, 4) is 0 Å². The lowest BCUT2D eigenvalue weighted by molar-refractivity contribution is -0.245. The van der Waals surface area contributed by atoms with E-state index in [1.54, 1.807) is 23.9 Å². The maximum atomic E-state index is 12.6. The molecular formula is C39H44N4O6S. The van der Waals surface area contributed by atoms with Crippen molar-refractivity contribution in [1.29, 1.82) is 0 Å². The van der Waals surface area contributed by atoms with E-state index in [-0.39, 0.29) is 36.5 Å². The lowest BCUT2D eigenvalue weighted by Gasteiger charge is -2.36. The summed E-state index contributed by atoms with van der Waals surface area (Å²) in [4.78, 5) is 37.3. The summed E-state index contributed by atoms with van der Waals surface area (Å²) in [5.74, 6) is 0.411. The molecule has 50 heavy (non-hydrogen) atoms. The molecule has 5 rings (SSSR count). The maximum Gasteiger partial charge on any atom is 0.224 e. The average molecular weight is 697 g/mol. The summed E-state index contributed by atoms with van der Waals surface area (Å²) in [5, 5.41) is 18.1. The molecule has 3 unspecified atom stereocenters. The van der Waals surface area contributed by atoms with Gasteiger partial charge in [-0.2, -0.15) is 0 Å². The van der Waals surface area contributed by atoms with Crippen LogP contribution in [0.15, 0.2) is 102 Å². The fourth-order valence-corrected chi connectivity index (χ4v) is 6.49. The number of carbonyl (C=O) groups is 3. The molecule has 10 nitrogen and oxygen atoms in total. The molecule has 1 aliphatic rings. The number of aliphatic hydroxyl groups excluding tert-OH is 1. The summed E-state index contributed by atoms with van der Waals surface area (Å²) in [5.41, 5.74) is 11.1. The van der Waals surface area contributed by atoms with E-state index in [1.807, 2.05) is 84.9 Å². The van der Waals surface area contributed by atoms with Gasteiger partial charge in [0, 0.05) is 53.8 Å². The molecule has 0 saturated carbocycles. The van der Waals surface area contributed by atoms with E-state index >= 15 is 0 Å². The van der Waals surface area contributed by atoms with Crippen molar-refractivity contribution < 1.29 is 29.0 Å². The Morgan fingerprint density at radius 1 is 0.760 bits per heavy atom. The summed E-state index contributed by atoms with van der Waals surface area (Å²) in [7, 11) is 0. The fraction of sp³-hybridized carbons (Fsp3) is 0.308. The Balaban J connectivity index is 1.12. The zero-order valence-electron chi connectivity index (χ0n) is 28.1. The molecule has 0 spiro atoms. The van der Waals surface area contributed by atoms with Crippen molar-refractivity contribution in [2.75, 3.05) is 27.4 Å². The third-order valence-electron chi connectivity index (χ3n) is 8.23. The molecule has 1 heterocycles. The Hall–Kier alpha value is -4.68. The molecule has 0 bridgehead atoms. The summed E-state index contributed by atoms with van der Waals surface area (Å²) in [6.45, 7) is 1.46. The lowest BCUT2D eigenvalue weighted by atomic mass is 10.0. The van der Waals surface area contributed by atoms with Crippen molar-refractivity contribution in [3.63, 3.8) is 0 Å². The number of para-hydroxylation sites is 2. The number of anilines is 4. The highest BCUT2D eigenvalue weighted by Crippen LogP contribution is 2.39. The third kappa shape index (κ3) is 11.2. The van der Waals surface area contributed by atoms with Crippen LogP contribution in [0.1, 0.15) is 74.5 Å². The number of amides is 3. The monoisotopic (exact) mass is 696 g/mol. The van der Waals surface area contributed by atoms with Gasteiger partial charge >= 0.3 is 0 Å². The number of ether oxygens (including phenoxy) is 2. The number of unbranched alkanes of at least 4 members (excludes halogenated alkanes) is 2. The minimum Gasteiger partial charge on any atom is -0.397 e. The quantitative estimate of drug-likeness (QED) is 0.0485. The fourth-order valence-electron chi connectivity index (χ4n) is 5.57. The first-order valence-electron chi connectivity index (χ1n) is 16.8. The van der Waals surface area contributed by atoms with Crippen LogP contribution in [-0.4, -0.2) is 34.7 Å². The minimum absolute atomic E-state index is 0.0232. The highest BCUT2D eigenvalue weighted by atomic mass is 32.2. The van der Waals surface area contributed by atoms with Crippen molar-refractivity contribution >= 4 is 52.2 Å². The van der Waals surface area contributed by atoms with Gasteiger partial charge < -0.3 is 36.3 Å². The topological polar surface area (TPSA) is 152 Å². The molecule has 262 valence electrons. The van der Waals surface area contributed by atoms with Crippen molar-refractivity contribution in [3.05, 3.63) is 114 Å². The lowest BCUT2D eigenvalue weighted by Crippen LogP contribution is -2.31. The first-order chi connectivity index (χ1) is 24.2. The molecular weight excluding hydrogens is 653 g/mol. The van der Waals surface area contributed by atoms with E-state index in [1.165, 1.54) is 6.92 Å². The predicted molar refractivity (Wildman–Crippen MR) is 198 cm³/mol. The van der Waals surface area contributed by atoms with Crippen LogP contribution in [0.5, 0.6) is 0 Å². The van der Waals surface area contributed by atoms with Crippen molar-refractivity contribution in [2.45, 2.75) is 75.4 Å². The summed E-state index contributed by atoms with van der Waals surface area (Å²) >= 11 is 1.68. The molecule has 4 aromatic carbocycles. The smallest absolute Gasteiger partial charge is 0.224 e. The molecule has 4 aromatic rings. The van der Waals surface area contributed by atoms with Gasteiger partial charge in [-0.15, -0.1) is 11.8 Å². The normalized spacial score (nSPS) is 17.1. The number of nitrogen functional groups attached to an aromatic ring is 1. The molecule has 3 amide bonds. The molecule has 1 saturated heterocycles. The first kappa shape index (κ1) is 36.6. The molecule has 1 aliphatic heterocycles. The van der Waals surface area contributed by atoms with E-state index in [4.69, 9.17) is 15.2 Å². The van der Waals surface area contributed by atoms with Gasteiger partial charge in [-0.1, -0.05) is 55.0 Å². The second-order valence-electron chi connectivity index (χ2n) is 12.2. The Bertz CT molecular complexity index is 1720. The van der Waals surface area contributed by atoms with Crippen LogP contribution in [0.4, 0.5) is 22.7 Å². The number of thioether (sulfide) groups is 1. The zero-order valence-corrected chi connectivity index (χ0v) is 28.9. The summed E-state index contributed by atoms with van der Waals surface area (Å²) in [6.07, 6.45) is 2.56. The number of benzene rings is 4. The van der Waals surface area contributed by atoms with Crippen LogP contribution in [0, 0.1) is 0 Å². The number of hydrogen-bond acceptors (Lipinski definition) is 8. The van der Waals surface area contributed by atoms with Gasteiger partial charge in [0.05, 0.1) is 30.2 Å². The largest absolute Gasteiger partial charge is 0.397 e. The second kappa shape index (κ2) is 18.4. The second-order valence-corrected chi connectivity index (χ2v) is 13.3. The molecule has 1 fully saturated rings. The van der Waals surface area contributed by atoms with E-state index in [9.17, 15) is 19.5 Å². The van der Waals surface area contributed by atoms with Gasteiger partial charge in [-0.25, -0.2) is 0 Å². The highest BCUT2D eigenvalue weighted by molar-refractivity contribution is 7.99. The molecule has 0 aliphatic carbocycles. The number of nitrogens with two attached hydrogens (primary N) is 1. The molecule has 0 radical (unpaired) electrons. The number of rotatable bonds is 15. The zero-order chi connectivity index (χ0) is 35.3. The summed E-state index contributed by atoms with van der Waals surface area (Å²) in [6, 6.07) is 30.2. The summed E-state index contributed by atoms with van der Waals surface area (Å²) < 4.78 is 12.9. The Kier molecular flexibility index (Phi) is 13.4. The number of hydrogen-bond donors (Lipinski definition) is 5. The van der Waals surface area contributed by atoms with Gasteiger partial charge in [0.2, 0.25) is 17.7 Å². The molecule has 3 atom stereocenters. The number of nitrogens with one attached hydrogen (secondary N) is 3. The average Bonchev–Trinajstić information content (AvgIpc) is 3.12. The van der Waals surface area contributed by atoms with Crippen LogP contribution in [-0.2, 0) is 30.5 Å². The van der Waals surface area contributed by atoms with E-state index < -0.39 is 6.29 Å². The van der Waals surface area contributed by atoms with Crippen molar-refractivity contribution in [2.24, 2.45) is 0 Å². The van der Waals surface area contributed by atoms with Gasteiger partial charge in [-0.3, -0.25) is 14.4 Å². The first-order valence-corrected chi connectivity index (χ1v) is 17.8. The predicted octanol–water partition coefficient (Wildman–Crippen LogP) is 7.58. The van der Waals surface area contributed by atoms with Gasteiger partial charge in [0.1, 0.15) is 0 Å². The van der Waals surface area contributed by atoms with Crippen molar-refractivity contribution in [1.82, 2.24) is 0 Å². The van der Waals surface area contributed by atoms with Gasteiger partial charge in [0.15, 0.2) is 6.29 Å². The van der Waals surface area contributed by atoms with Crippen LogP contribution < -0.4 is 21.7 Å². The van der Waals surface area contributed by atoms with E-state index in [0.29, 0.717) is 54.9 Å².